The summed E-state index contributed by atoms with van der Waals surface area (Å²) >= 11 is 0. The molecule has 0 N–H and O–H groups in total. The van der Waals surface area contributed by atoms with Crippen molar-refractivity contribution in [2.75, 3.05) is 9.80 Å². The molecule has 8 nitrogen and oxygen atoms in total. The molecule has 0 bridgehead atoms. The van der Waals surface area contributed by atoms with E-state index in [-0.39, 0.29) is 0 Å². The highest BCUT2D eigenvalue weighted by molar-refractivity contribution is 5.84. The van der Waals surface area contributed by atoms with Gasteiger partial charge >= 0.3 is 0 Å². The maximum Gasteiger partial charge on any atom is 0.229 e. The maximum atomic E-state index is 7.05. The molecule has 2 aromatic heterocycles. The molecular formula is C57H38N6O2. The van der Waals surface area contributed by atoms with Crippen molar-refractivity contribution in [2.45, 2.75) is 5.41 Å². The van der Waals surface area contributed by atoms with E-state index in [1.807, 2.05) is 97.3 Å². The molecule has 1 spiro atoms. The molecule has 0 unspecified atom stereocenters. The lowest BCUT2D eigenvalue weighted by molar-refractivity contribution is 0.377. The van der Waals surface area contributed by atoms with E-state index in [0.717, 1.165) is 67.5 Å². The van der Waals surface area contributed by atoms with Crippen molar-refractivity contribution in [1.82, 2.24) is 19.9 Å². The van der Waals surface area contributed by atoms with Gasteiger partial charge in [-0.2, -0.15) is 9.97 Å². The Labute approximate surface area is 376 Å². The average Bonchev–Trinajstić information content (AvgIpc) is 3.38. The van der Waals surface area contributed by atoms with Crippen LogP contribution in [0, 0.1) is 0 Å². The van der Waals surface area contributed by atoms with Crippen LogP contribution in [0.5, 0.6) is 23.3 Å². The fraction of sp³-hybridized carbons (Fsp3) is 0.0175. The van der Waals surface area contributed by atoms with E-state index in [0.29, 0.717) is 34.9 Å². The van der Waals surface area contributed by atoms with Crippen LogP contribution in [0.2, 0.25) is 0 Å². The van der Waals surface area contributed by atoms with Gasteiger partial charge in [0, 0.05) is 68.8 Å². The predicted octanol–water partition coefficient (Wildman–Crippen LogP) is 14.1. The van der Waals surface area contributed by atoms with Gasteiger partial charge in [-0.1, -0.05) is 133 Å². The third-order valence-electron chi connectivity index (χ3n) is 12.1. The highest BCUT2D eigenvalue weighted by Crippen LogP contribution is 2.62. The predicted molar refractivity (Wildman–Crippen MR) is 256 cm³/mol. The lowest BCUT2D eigenvalue weighted by Gasteiger charge is -2.44. The van der Waals surface area contributed by atoms with E-state index in [4.69, 9.17) is 29.4 Å². The molecule has 8 heteroatoms. The molecule has 65 heavy (non-hydrogen) atoms. The summed E-state index contributed by atoms with van der Waals surface area (Å²) in [7, 11) is 0. The minimum absolute atomic E-state index is 0.393. The van der Waals surface area contributed by atoms with Crippen LogP contribution in [0.1, 0.15) is 22.3 Å². The van der Waals surface area contributed by atoms with Crippen molar-refractivity contribution >= 4 is 34.1 Å². The van der Waals surface area contributed by atoms with Crippen molar-refractivity contribution in [2.24, 2.45) is 0 Å². The Morgan fingerprint density at radius 2 is 0.662 bits per heavy atom. The number of fused-ring (bicyclic) bond motifs is 8. The van der Waals surface area contributed by atoms with Crippen molar-refractivity contribution in [3.05, 3.63) is 253 Å². The Morgan fingerprint density at radius 1 is 0.323 bits per heavy atom. The summed E-state index contributed by atoms with van der Waals surface area (Å²) in [6.07, 6.45) is 3.82. The first kappa shape index (κ1) is 37.8. The number of aromatic nitrogens is 4. The van der Waals surface area contributed by atoms with Crippen LogP contribution in [0.25, 0.3) is 22.8 Å². The van der Waals surface area contributed by atoms with Gasteiger partial charge in [0.2, 0.25) is 11.8 Å². The van der Waals surface area contributed by atoms with Crippen LogP contribution in [-0.2, 0) is 5.41 Å². The molecule has 4 heterocycles. The first-order chi connectivity index (χ1) is 32.2. The first-order valence-corrected chi connectivity index (χ1v) is 21.5. The van der Waals surface area contributed by atoms with Crippen LogP contribution in [0.4, 0.5) is 34.1 Å². The van der Waals surface area contributed by atoms with Crippen molar-refractivity contribution in [3.8, 4) is 46.0 Å². The molecule has 0 atom stereocenters. The molecule has 2 aliphatic rings. The van der Waals surface area contributed by atoms with Crippen LogP contribution in [-0.4, -0.2) is 19.9 Å². The normalized spacial score (nSPS) is 12.7. The maximum absolute atomic E-state index is 7.05. The van der Waals surface area contributed by atoms with E-state index < -0.39 is 5.41 Å². The van der Waals surface area contributed by atoms with E-state index in [1.54, 1.807) is 0 Å². The van der Waals surface area contributed by atoms with Gasteiger partial charge in [0.05, 0.1) is 16.5 Å². The smallest absolute Gasteiger partial charge is 0.229 e. The number of para-hydroxylation sites is 4. The lowest BCUT2D eigenvalue weighted by atomic mass is 9.63. The molecule has 10 aromatic rings. The van der Waals surface area contributed by atoms with E-state index in [9.17, 15) is 0 Å². The van der Waals surface area contributed by atoms with Gasteiger partial charge in [0.1, 0.15) is 11.5 Å². The zero-order chi connectivity index (χ0) is 43.2. The van der Waals surface area contributed by atoms with Gasteiger partial charge in [-0.25, -0.2) is 9.97 Å². The second-order valence-corrected chi connectivity index (χ2v) is 15.9. The van der Waals surface area contributed by atoms with Gasteiger partial charge in [-0.15, -0.1) is 0 Å². The highest BCUT2D eigenvalue weighted by atomic mass is 16.5. The molecule has 0 aliphatic carbocycles. The number of benzene rings is 8. The van der Waals surface area contributed by atoms with Crippen LogP contribution in [0.15, 0.2) is 231 Å². The average molecular weight is 839 g/mol. The topological polar surface area (TPSA) is 76.5 Å². The number of rotatable bonds is 8. The molecule has 0 radical (unpaired) electrons. The van der Waals surface area contributed by atoms with Gasteiger partial charge in [0.15, 0.2) is 11.6 Å². The van der Waals surface area contributed by atoms with Gasteiger partial charge in [0.25, 0.3) is 0 Å². The fourth-order valence-electron chi connectivity index (χ4n) is 9.22. The second-order valence-electron chi connectivity index (χ2n) is 15.9. The number of anilines is 6. The zero-order valence-corrected chi connectivity index (χ0v) is 34.9. The summed E-state index contributed by atoms with van der Waals surface area (Å²) in [6.45, 7) is 0. The fourth-order valence-corrected chi connectivity index (χ4v) is 9.22. The number of hydrogen-bond acceptors (Lipinski definition) is 8. The lowest BCUT2D eigenvalue weighted by Crippen LogP contribution is -2.38. The summed E-state index contributed by atoms with van der Waals surface area (Å²) in [5.74, 6) is 3.21. The zero-order valence-electron chi connectivity index (χ0n) is 34.9. The van der Waals surface area contributed by atoms with Gasteiger partial charge < -0.3 is 19.3 Å². The molecule has 0 fully saturated rings. The molecule has 2 aliphatic heterocycles. The third-order valence-corrected chi connectivity index (χ3v) is 12.1. The van der Waals surface area contributed by atoms with Crippen molar-refractivity contribution in [1.29, 1.82) is 0 Å². The first-order valence-electron chi connectivity index (χ1n) is 21.5. The number of hydrogen-bond donors (Lipinski definition) is 0. The molecule has 308 valence electrons. The summed E-state index contributed by atoms with van der Waals surface area (Å²) in [5, 5.41) is 0. The Balaban J connectivity index is 1.18. The third kappa shape index (κ3) is 6.46. The molecule has 0 saturated carbocycles. The Kier molecular flexibility index (Phi) is 9.19. The quantitative estimate of drug-likeness (QED) is 0.150. The van der Waals surface area contributed by atoms with E-state index in [2.05, 4.69) is 143 Å². The molecule has 0 saturated heterocycles. The van der Waals surface area contributed by atoms with Crippen LogP contribution in [0.3, 0.4) is 0 Å². The highest BCUT2D eigenvalue weighted by Gasteiger charge is 2.53. The SMILES string of the molecule is c1ccc(-c2ncc3c(n2)Oc2nc(-c4ccccc4)ncc2C32c3cc(N(c4ccccc4)c4ccccc4)ccc3Oc3ccc(N(c4ccccc4)c4ccccc4)cc32)cc1. The number of nitrogens with zero attached hydrogens (tertiary/aromatic N) is 6. The van der Waals surface area contributed by atoms with E-state index >= 15 is 0 Å². The molecule has 0 amide bonds. The summed E-state index contributed by atoms with van der Waals surface area (Å²) in [6, 6.07) is 74.4. The Bertz CT molecular complexity index is 3020. The van der Waals surface area contributed by atoms with Crippen molar-refractivity contribution < 1.29 is 9.47 Å². The summed E-state index contributed by atoms with van der Waals surface area (Å²) in [5.41, 5.74) is 9.66. The number of ether oxygens (including phenoxy) is 2. The van der Waals surface area contributed by atoms with Crippen molar-refractivity contribution in [3.63, 3.8) is 0 Å². The summed E-state index contributed by atoms with van der Waals surface area (Å²) < 4.78 is 14.0. The minimum atomic E-state index is -1.15. The largest absolute Gasteiger partial charge is 0.457 e. The van der Waals surface area contributed by atoms with Gasteiger partial charge in [-0.05, 0) is 84.9 Å². The van der Waals surface area contributed by atoms with Crippen LogP contribution < -0.4 is 19.3 Å². The minimum Gasteiger partial charge on any atom is -0.457 e. The van der Waals surface area contributed by atoms with Gasteiger partial charge in [-0.3, -0.25) is 0 Å². The van der Waals surface area contributed by atoms with Crippen LogP contribution >= 0.6 is 0 Å². The van der Waals surface area contributed by atoms with E-state index in [1.165, 1.54) is 0 Å². The summed E-state index contributed by atoms with van der Waals surface area (Å²) in [4.78, 5) is 25.2. The molecular weight excluding hydrogens is 801 g/mol. The standard InChI is InChI=1S/C57H38N6O2/c1-7-19-39(20-8-1)53-58-37-49-55(60-53)65-56-50(38-59-54(61-56)40-21-9-2-10-22-40)57(49)47-35-45(62(41-23-11-3-12-24-41)42-25-13-4-14-26-42)31-33-51(47)64-52-34-32-46(36-48(52)57)63(43-27-15-5-16-28-43)44-29-17-6-18-30-44/h1-38H. The Hall–Kier alpha value is -8.88. The molecule has 12 rings (SSSR count). The monoisotopic (exact) mass is 838 g/mol. The second kappa shape index (κ2) is 15.8. The molecule has 8 aromatic carbocycles. The Morgan fingerprint density at radius 3 is 1.02 bits per heavy atom.